The predicted molar refractivity (Wildman–Crippen MR) is 140 cm³/mol. The first-order valence-electron chi connectivity index (χ1n) is 10.9. The van der Waals surface area contributed by atoms with Crippen LogP contribution in [-0.4, -0.2) is 33.7 Å². The van der Waals surface area contributed by atoms with Crippen LogP contribution in [0.15, 0.2) is 83.9 Å². The second-order valence-corrected chi connectivity index (χ2v) is 9.86. The minimum absolute atomic E-state index is 0.106. The molecule has 3 aromatic rings. The summed E-state index contributed by atoms with van der Waals surface area (Å²) in [4.78, 5) is 32.3. The Morgan fingerprint density at radius 2 is 1.59 bits per heavy atom. The second kappa shape index (κ2) is 11.6. The molecular formula is C26H23Cl2N3O2S. The first-order chi connectivity index (χ1) is 16.5. The van der Waals surface area contributed by atoms with Gasteiger partial charge in [0.1, 0.15) is 0 Å². The summed E-state index contributed by atoms with van der Waals surface area (Å²) in [5, 5.41) is 4.14. The lowest BCUT2D eigenvalue weighted by Crippen LogP contribution is -2.46. The van der Waals surface area contributed by atoms with Crippen molar-refractivity contribution in [1.29, 1.82) is 0 Å². The van der Waals surface area contributed by atoms with Crippen LogP contribution in [0.1, 0.15) is 17.5 Å². The lowest BCUT2D eigenvalue weighted by molar-refractivity contribution is -0.130. The summed E-state index contributed by atoms with van der Waals surface area (Å²) in [7, 11) is 0. The van der Waals surface area contributed by atoms with E-state index >= 15 is 0 Å². The van der Waals surface area contributed by atoms with Gasteiger partial charge in [-0.1, -0.05) is 77.4 Å². The van der Waals surface area contributed by atoms with Crippen LogP contribution >= 0.6 is 35.0 Å². The molecule has 0 bridgehead atoms. The van der Waals surface area contributed by atoms with E-state index in [1.807, 2.05) is 42.5 Å². The fourth-order valence-corrected chi connectivity index (χ4v) is 4.86. The molecule has 1 fully saturated rings. The van der Waals surface area contributed by atoms with E-state index in [1.54, 1.807) is 41.3 Å². The van der Waals surface area contributed by atoms with E-state index in [2.05, 4.69) is 10.3 Å². The maximum Gasteiger partial charge on any atom is 0.234 e. The number of benzene rings is 3. The Balaban J connectivity index is 1.49. The first-order valence-corrected chi connectivity index (χ1v) is 12.5. The van der Waals surface area contributed by atoms with E-state index in [1.165, 1.54) is 11.8 Å². The van der Waals surface area contributed by atoms with Gasteiger partial charge in [-0.25, -0.2) is 4.99 Å². The molecule has 4 rings (SSSR count). The molecule has 3 aromatic carbocycles. The standard InChI is InChI=1S/C26H23Cl2N3O2S/c27-20-8-6-19(7-9-20)17-31-24(32)16-23(25(33)29-15-14-18-4-2-1-3-5-18)34-26(31)30-22-12-10-21(28)11-13-22/h1-13,23H,14-17H2,(H,29,33)/t23-/m0/s1. The van der Waals surface area contributed by atoms with Gasteiger partial charge >= 0.3 is 0 Å². The van der Waals surface area contributed by atoms with Crippen LogP contribution in [0.2, 0.25) is 10.0 Å². The number of hydrogen-bond acceptors (Lipinski definition) is 4. The number of carbonyl (C=O) groups is 2. The van der Waals surface area contributed by atoms with Gasteiger partial charge in [0.15, 0.2) is 5.17 Å². The molecule has 2 amide bonds. The highest BCUT2D eigenvalue weighted by molar-refractivity contribution is 8.15. The Bertz CT molecular complexity index is 1170. The van der Waals surface area contributed by atoms with Crippen LogP contribution in [0.25, 0.3) is 0 Å². The number of carbonyl (C=O) groups excluding carboxylic acids is 2. The fourth-order valence-electron chi connectivity index (χ4n) is 3.48. The molecule has 174 valence electrons. The van der Waals surface area contributed by atoms with E-state index in [-0.39, 0.29) is 18.2 Å². The lowest BCUT2D eigenvalue weighted by Gasteiger charge is -2.32. The average molecular weight is 512 g/mol. The highest BCUT2D eigenvalue weighted by Crippen LogP contribution is 2.31. The molecule has 8 heteroatoms. The van der Waals surface area contributed by atoms with Crippen LogP contribution in [-0.2, 0) is 22.6 Å². The molecule has 34 heavy (non-hydrogen) atoms. The Morgan fingerprint density at radius 1 is 0.941 bits per heavy atom. The van der Waals surface area contributed by atoms with Gasteiger partial charge in [-0.05, 0) is 53.9 Å². The summed E-state index contributed by atoms with van der Waals surface area (Å²) in [6.07, 6.45) is 0.835. The Morgan fingerprint density at radius 3 is 2.26 bits per heavy atom. The third-order valence-corrected chi connectivity index (χ3v) is 6.98. The molecule has 0 radical (unpaired) electrons. The topological polar surface area (TPSA) is 61.8 Å². The van der Waals surface area contributed by atoms with Crippen molar-refractivity contribution in [2.75, 3.05) is 6.54 Å². The van der Waals surface area contributed by atoms with E-state index in [0.717, 1.165) is 17.5 Å². The van der Waals surface area contributed by atoms with E-state index in [4.69, 9.17) is 23.2 Å². The number of amides is 2. The van der Waals surface area contributed by atoms with Crippen molar-refractivity contribution in [1.82, 2.24) is 10.2 Å². The molecule has 1 aliphatic rings. The monoisotopic (exact) mass is 511 g/mol. The summed E-state index contributed by atoms with van der Waals surface area (Å²) < 4.78 is 0. The molecule has 0 saturated carbocycles. The zero-order valence-corrected chi connectivity index (χ0v) is 20.6. The Hall–Kier alpha value is -2.80. The van der Waals surface area contributed by atoms with Crippen molar-refractivity contribution in [3.8, 4) is 0 Å². The number of nitrogens with zero attached hydrogens (tertiary/aromatic N) is 2. The second-order valence-electron chi connectivity index (χ2n) is 7.81. The zero-order chi connectivity index (χ0) is 23.9. The van der Waals surface area contributed by atoms with E-state index in [0.29, 0.717) is 34.0 Å². The van der Waals surface area contributed by atoms with Gasteiger partial charge in [-0.15, -0.1) is 0 Å². The Labute approximate surface area is 213 Å². The van der Waals surface area contributed by atoms with E-state index < -0.39 is 5.25 Å². The van der Waals surface area contributed by atoms with Crippen molar-refractivity contribution < 1.29 is 9.59 Å². The molecule has 1 atom stereocenters. The van der Waals surface area contributed by atoms with Crippen molar-refractivity contribution >= 4 is 57.6 Å². The minimum Gasteiger partial charge on any atom is -0.355 e. The van der Waals surface area contributed by atoms with Crippen molar-refractivity contribution in [3.05, 3.63) is 100 Å². The molecule has 1 heterocycles. The average Bonchev–Trinajstić information content (AvgIpc) is 2.84. The number of rotatable bonds is 7. The van der Waals surface area contributed by atoms with Crippen LogP contribution in [0.4, 0.5) is 5.69 Å². The summed E-state index contributed by atoms with van der Waals surface area (Å²) >= 11 is 13.3. The summed E-state index contributed by atoms with van der Waals surface area (Å²) in [6.45, 7) is 0.851. The normalized spacial score (nSPS) is 17.1. The predicted octanol–water partition coefficient (Wildman–Crippen LogP) is 5.87. The van der Waals surface area contributed by atoms with Gasteiger partial charge in [-0.3, -0.25) is 14.5 Å². The highest BCUT2D eigenvalue weighted by atomic mass is 35.5. The first kappa shape index (κ1) is 24.3. The number of aliphatic imine (C=N–C) groups is 1. The van der Waals surface area contributed by atoms with E-state index in [9.17, 15) is 9.59 Å². The SMILES string of the molecule is O=C(NCCc1ccccc1)[C@@H]1CC(=O)N(Cc2ccc(Cl)cc2)C(=Nc2ccc(Cl)cc2)S1. The van der Waals surface area contributed by atoms with Gasteiger partial charge in [-0.2, -0.15) is 0 Å². The smallest absolute Gasteiger partial charge is 0.234 e. The van der Waals surface area contributed by atoms with Gasteiger partial charge in [0.25, 0.3) is 0 Å². The zero-order valence-electron chi connectivity index (χ0n) is 18.3. The fraction of sp³-hybridized carbons (Fsp3) is 0.192. The van der Waals surface area contributed by atoms with Gasteiger partial charge in [0.2, 0.25) is 11.8 Å². The van der Waals surface area contributed by atoms with Crippen molar-refractivity contribution in [3.63, 3.8) is 0 Å². The molecule has 0 unspecified atom stereocenters. The van der Waals surface area contributed by atoms with Crippen molar-refractivity contribution in [2.24, 2.45) is 4.99 Å². The highest BCUT2D eigenvalue weighted by Gasteiger charge is 2.35. The number of amidine groups is 1. The third kappa shape index (κ3) is 6.63. The van der Waals surface area contributed by atoms with Crippen LogP contribution < -0.4 is 5.32 Å². The number of hydrogen-bond donors (Lipinski definition) is 1. The third-order valence-electron chi connectivity index (χ3n) is 5.29. The number of thioether (sulfide) groups is 1. The molecule has 5 nitrogen and oxygen atoms in total. The molecule has 0 spiro atoms. The molecule has 0 aromatic heterocycles. The molecule has 1 saturated heterocycles. The molecule has 1 aliphatic heterocycles. The summed E-state index contributed by atoms with van der Waals surface area (Å²) in [6, 6.07) is 24.3. The summed E-state index contributed by atoms with van der Waals surface area (Å²) in [5.41, 5.74) is 2.73. The molecular weight excluding hydrogens is 489 g/mol. The number of nitrogens with one attached hydrogen (secondary N) is 1. The Kier molecular flexibility index (Phi) is 8.27. The molecule has 1 N–H and O–H groups in total. The molecule has 0 aliphatic carbocycles. The van der Waals surface area contributed by atoms with Gasteiger partial charge in [0.05, 0.1) is 17.5 Å². The summed E-state index contributed by atoms with van der Waals surface area (Å²) in [5.74, 6) is -0.311. The van der Waals surface area contributed by atoms with Gasteiger partial charge < -0.3 is 5.32 Å². The number of halogens is 2. The quantitative estimate of drug-likeness (QED) is 0.431. The van der Waals surface area contributed by atoms with Crippen molar-refractivity contribution in [2.45, 2.75) is 24.6 Å². The van der Waals surface area contributed by atoms with Crippen LogP contribution in [0.5, 0.6) is 0 Å². The largest absolute Gasteiger partial charge is 0.355 e. The van der Waals surface area contributed by atoms with Gasteiger partial charge in [0, 0.05) is 23.0 Å². The van der Waals surface area contributed by atoms with Crippen LogP contribution in [0, 0.1) is 0 Å². The maximum absolute atomic E-state index is 13.1. The maximum atomic E-state index is 13.1. The lowest BCUT2D eigenvalue weighted by atomic mass is 10.1. The minimum atomic E-state index is -0.546. The van der Waals surface area contributed by atoms with Crippen LogP contribution in [0.3, 0.4) is 0 Å².